The normalized spacial score (nSPS) is 19.6. The minimum absolute atomic E-state index is 0.00278. The van der Waals surface area contributed by atoms with Crippen molar-refractivity contribution in [3.05, 3.63) is 59.7 Å². The Kier molecular flexibility index (Phi) is 2.79. The van der Waals surface area contributed by atoms with Crippen molar-refractivity contribution in [2.75, 3.05) is 16.3 Å². The molecular weight excluding hydrogens is 276 g/mol. The highest BCUT2D eigenvalue weighted by atomic mass is 16.2. The quantitative estimate of drug-likeness (QED) is 0.810. The van der Waals surface area contributed by atoms with Crippen molar-refractivity contribution in [2.24, 2.45) is 0 Å². The molecule has 2 amide bonds. The van der Waals surface area contributed by atoms with Gasteiger partial charge in [-0.15, -0.1) is 0 Å². The number of carbonyl (C=O) groups excluding carboxylic acids is 2. The number of likely N-dealkylation sites (N-methyl/N-ethyl adjacent to an activating group) is 1. The van der Waals surface area contributed by atoms with E-state index in [1.807, 2.05) is 49.4 Å². The Morgan fingerprint density at radius 3 is 2.45 bits per heavy atom. The van der Waals surface area contributed by atoms with Crippen LogP contribution in [0.25, 0.3) is 0 Å². The van der Waals surface area contributed by atoms with Crippen LogP contribution in [0, 0.1) is 0 Å². The molecule has 0 unspecified atom stereocenters. The summed E-state index contributed by atoms with van der Waals surface area (Å²) >= 11 is 0. The first-order chi connectivity index (χ1) is 10.7. The lowest BCUT2D eigenvalue weighted by Crippen LogP contribution is -2.46. The van der Waals surface area contributed by atoms with E-state index < -0.39 is 6.04 Å². The van der Waals surface area contributed by atoms with Crippen molar-refractivity contribution >= 4 is 23.2 Å². The van der Waals surface area contributed by atoms with E-state index >= 15 is 0 Å². The molecule has 2 aromatic carbocycles. The Balaban J connectivity index is 1.94. The Morgan fingerprint density at radius 2 is 1.68 bits per heavy atom. The Morgan fingerprint density at radius 1 is 1.00 bits per heavy atom. The zero-order valence-corrected chi connectivity index (χ0v) is 12.3. The van der Waals surface area contributed by atoms with E-state index in [-0.39, 0.29) is 11.8 Å². The highest BCUT2D eigenvalue weighted by molar-refractivity contribution is 6.20. The van der Waals surface area contributed by atoms with Gasteiger partial charge in [-0.3, -0.25) is 14.5 Å². The lowest BCUT2D eigenvalue weighted by atomic mass is 10.1. The van der Waals surface area contributed by atoms with Gasteiger partial charge in [0.05, 0.1) is 11.3 Å². The molecule has 0 spiro atoms. The van der Waals surface area contributed by atoms with Gasteiger partial charge in [0.2, 0.25) is 0 Å². The Hall–Kier alpha value is -2.62. The monoisotopic (exact) mass is 292 g/mol. The molecule has 0 saturated heterocycles. The minimum atomic E-state index is -0.433. The summed E-state index contributed by atoms with van der Waals surface area (Å²) < 4.78 is 0. The number of nitrogens with zero attached hydrogens (tertiary/aromatic N) is 2. The van der Waals surface area contributed by atoms with Gasteiger partial charge >= 0.3 is 0 Å². The second-order valence-electron chi connectivity index (χ2n) is 5.62. The van der Waals surface area contributed by atoms with Crippen molar-refractivity contribution in [3.63, 3.8) is 0 Å². The summed E-state index contributed by atoms with van der Waals surface area (Å²) in [6.45, 7) is 2.50. The Bertz CT molecular complexity index is 784. The zero-order valence-electron chi connectivity index (χ0n) is 12.3. The summed E-state index contributed by atoms with van der Waals surface area (Å²) in [7, 11) is 0. The molecule has 22 heavy (non-hydrogen) atoms. The van der Waals surface area contributed by atoms with Gasteiger partial charge in [0.1, 0.15) is 6.04 Å². The van der Waals surface area contributed by atoms with Crippen molar-refractivity contribution in [1.82, 2.24) is 0 Å². The second-order valence-corrected chi connectivity index (χ2v) is 5.62. The predicted octanol–water partition coefficient (Wildman–Crippen LogP) is 2.62. The standard InChI is InChI=1S/C18H16N2O2/c1-2-19-15-10-6-4-8-13(15)17(21)20-14-9-5-3-7-12(14)11-16(20)18(19)22/h3-10,16H,2,11H2,1H3/t16-/m1/s1. The second kappa shape index (κ2) is 4.70. The number of benzene rings is 2. The van der Waals surface area contributed by atoms with Crippen LogP contribution in [0.3, 0.4) is 0 Å². The van der Waals surface area contributed by atoms with Gasteiger partial charge in [-0.25, -0.2) is 0 Å². The van der Waals surface area contributed by atoms with Gasteiger partial charge in [0.15, 0.2) is 0 Å². The van der Waals surface area contributed by atoms with Crippen LogP contribution in [0.1, 0.15) is 22.8 Å². The summed E-state index contributed by atoms with van der Waals surface area (Å²) in [6.07, 6.45) is 0.589. The number of carbonyl (C=O) groups is 2. The average molecular weight is 292 g/mol. The van der Waals surface area contributed by atoms with Gasteiger partial charge in [-0.05, 0) is 30.7 Å². The number of amides is 2. The fraction of sp³-hybridized carbons (Fsp3) is 0.222. The maximum absolute atomic E-state index is 13.0. The number of hydrogen-bond donors (Lipinski definition) is 0. The first-order valence-electron chi connectivity index (χ1n) is 7.54. The molecular formula is C18H16N2O2. The summed E-state index contributed by atoms with van der Waals surface area (Å²) in [6, 6.07) is 14.7. The van der Waals surface area contributed by atoms with Crippen molar-refractivity contribution in [3.8, 4) is 0 Å². The van der Waals surface area contributed by atoms with Crippen molar-refractivity contribution in [2.45, 2.75) is 19.4 Å². The highest BCUT2D eigenvalue weighted by Gasteiger charge is 2.44. The van der Waals surface area contributed by atoms with Crippen LogP contribution in [0.15, 0.2) is 48.5 Å². The smallest absolute Gasteiger partial charge is 0.261 e. The first kappa shape index (κ1) is 13.1. The van der Waals surface area contributed by atoms with Crippen LogP contribution < -0.4 is 9.80 Å². The molecule has 0 bridgehead atoms. The maximum Gasteiger partial charge on any atom is 0.261 e. The SMILES string of the molecule is CCN1C(=O)[C@H]2Cc3ccccc3N2C(=O)c2ccccc21. The zero-order chi connectivity index (χ0) is 15.3. The molecule has 0 saturated carbocycles. The number of para-hydroxylation sites is 2. The molecule has 0 aromatic heterocycles. The topological polar surface area (TPSA) is 40.6 Å². The van der Waals surface area contributed by atoms with Gasteiger partial charge in [-0.1, -0.05) is 30.3 Å². The van der Waals surface area contributed by atoms with Crippen LogP contribution in [0.5, 0.6) is 0 Å². The highest BCUT2D eigenvalue weighted by Crippen LogP contribution is 2.38. The van der Waals surface area contributed by atoms with E-state index in [1.54, 1.807) is 15.9 Å². The lowest BCUT2D eigenvalue weighted by molar-refractivity contribution is -0.119. The van der Waals surface area contributed by atoms with Crippen LogP contribution >= 0.6 is 0 Å². The fourth-order valence-electron chi connectivity index (χ4n) is 3.48. The third-order valence-corrected chi connectivity index (χ3v) is 4.49. The predicted molar refractivity (Wildman–Crippen MR) is 85.2 cm³/mol. The number of fused-ring (bicyclic) bond motifs is 4. The van der Waals surface area contributed by atoms with E-state index in [2.05, 4.69) is 0 Å². The molecule has 4 heteroatoms. The summed E-state index contributed by atoms with van der Waals surface area (Å²) in [5.74, 6) is -0.0909. The molecule has 0 fully saturated rings. The average Bonchev–Trinajstić information content (AvgIpc) is 2.91. The van der Waals surface area contributed by atoms with Crippen molar-refractivity contribution < 1.29 is 9.59 Å². The van der Waals surface area contributed by atoms with Crippen LogP contribution in [0.4, 0.5) is 11.4 Å². The van der Waals surface area contributed by atoms with Crippen LogP contribution in [0.2, 0.25) is 0 Å². The van der Waals surface area contributed by atoms with Crippen molar-refractivity contribution in [1.29, 1.82) is 0 Å². The van der Waals surface area contributed by atoms with Crippen LogP contribution in [-0.4, -0.2) is 24.4 Å². The number of anilines is 2. The molecule has 0 N–H and O–H groups in total. The third-order valence-electron chi connectivity index (χ3n) is 4.49. The van der Waals surface area contributed by atoms with E-state index in [0.717, 1.165) is 11.3 Å². The molecule has 2 aliphatic heterocycles. The molecule has 1 atom stereocenters. The fourth-order valence-corrected chi connectivity index (χ4v) is 3.48. The molecule has 110 valence electrons. The van der Waals surface area contributed by atoms with E-state index in [9.17, 15) is 9.59 Å². The number of hydrogen-bond acceptors (Lipinski definition) is 2. The maximum atomic E-state index is 13.0. The molecule has 2 heterocycles. The molecule has 4 nitrogen and oxygen atoms in total. The molecule has 0 radical (unpaired) electrons. The van der Waals surface area contributed by atoms with E-state index in [0.29, 0.717) is 24.2 Å². The summed E-state index contributed by atoms with van der Waals surface area (Å²) in [5, 5.41) is 0. The molecule has 4 rings (SSSR count). The molecule has 2 aliphatic rings. The molecule has 0 aliphatic carbocycles. The largest absolute Gasteiger partial charge is 0.310 e. The first-order valence-corrected chi connectivity index (χ1v) is 7.54. The van der Waals surface area contributed by atoms with E-state index in [4.69, 9.17) is 0 Å². The van der Waals surface area contributed by atoms with E-state index in [1.165, 1.54) is 0 Å². The Labute approximate surface area is 129 Å². The van der Waals surface area contributed by atoms with Gasteiger partial charge in [0, 0.05) is 18.7 Å². The van der Waals surface area contributed by atoms with Crippen LogP contribution in [-0.2, 0) is 11.2 Å². The molecule has 2 aromatic rings. The van der Waals surface area contributed by atoms with Gasteiger partial charge in [-0.2, -0.15) is 0 Å². The third kappa shape index (κ3) is 1.64. The van der Waals surface area contributed by atoms with Gasteiger partial charge in [0.25, 0.3) is 11.8 Å². The summed E-state index contributed by atoms with van der Waals surface area (Å²) in [5.41, 5.74) is 3.23. The number of rotatable bonds is 1. The van der Waals surface area contributed by atoms with Gasteiger partial charge < -0.3 is 4.90 Å². The lowest BCUT2D eigenvalue weighted by Gasteiger charge is -2.25. The summed E-state index contributed by atoms with van der Waals surface area (Å²) in [4.78, 5) is 29.4. The minimum Gasteiger partial charge on any atom is -0.310 e.